The highest BCUT2D eigenvalue weighted by molar-refractivity contribution is 5.98. The summed E-state index contributed by atoms with van der Waals surface area (Å²) in [6.07, 6.45) is 4.60. The molecule has 5 rings (SSSR count). The Labute approximate surface area is 226 Å². The minimum absolute atomic E-state index is 0.0893. The monoisotopic (exact) mass is 529 g/mol. The molecule has 2 fully saturated rings. The Kier molecular flexibility index (Phi) is 7.44. The zero-order chi connectivity index (χ0) is 27.5. The zero-order valence-corrected chi connectivity index (χ0v) is 22.0. The third-order valence-corrected chi connectivity index (χ3v) is 7.26. The van der Waals surface area contributed by atoms with E-state index in [2.05, 4.69) is 15.6 Å². The second kappa shape index (κ2) is 11.1. The lowest BCUT2D eigenvalue weighted by Gasteiger charge is -2.22. The number of benzene rings is 2. The number of carbonyl (C=O) groups excluding carboxylic acids is 4. The summed E-state index contributed by atoms with van der Waals surface area (Å²) in [6.45, 7) is 4.19. The summed E-state index contributed by atoms with van der Waals surface area (Å²) in [5, 5.41) is 5.78. The van der Waals surface area contributed by atoms with Gasteiger partial charge in [0, 0.05) is 49.4 Å². The maximum atomic E-state index is 12.7. The molecule has 39 heavy (non-hydrogen) atoms. The minimum Gasteiger partial charge on any atom is -0.436 e. The van der Waals surface area contributed by atoms with Crippen LogP contribution in [0.4, 0.5) is 11.4 Å². The van der Waals surface area contributed by atoms with E-state index in [9.17, 15) is 19.2 Å². The minimum atomic E-state index is -0.436. The van der Waals surface area contributed by atoms with Gasteiger partial charge in [0.2, 0.25) is 29.5 Å². The molecule has 0 aliphatic carbocycles. The van der Waals surface area contributed by atoms with E-state index in [4.69, 9.17) is 4.42 Å². The fraction of sp³-hybridized carbons (Fsp3) is 0.345. The molecule has 0 saturated carbocycles. The Balaban J connectivity index is 1.20. The summed E-state index contributed by atoms with van der Waals surface area (Å²) in [4.78, 5) is 56.4. The van der Waals surface area contributed by atoms with Gasteiger partial charge in [-0.25, -0.2) is 4.98 Å². The van der Waals surface area contributed by atoms with Crippen LogP contribution in [0.15, 0.2) is 59.1 Å². The molecule has 2 aliphatic heterocycles. The van der Waals surface area contributed by atoms with Crippen LogP contribution in [-0.2, 0) is 19.2 Å². The van der Waals surface area contributed by atoms with Crippen LogP contribution in [-0.4, -0.2) is 63.6 Å². The SMILES string of the molecule is CC(=O)N1CCC[C@H]1C(=O)Nc1ccc(-c2cnc(-c3ccc(NC(=O)[C@@H]4CCCN4C(C)=O)cc3)o2)cc1. The van der Waals surface area contributed by atoms with Gasteiger partial charge in [0.15, 0.2) is 5.76 Å². The number of rotatable bonds is 6. The largest absolute Gasteiger partial charge is 0.436 e. The summed E-state index contributed by atoms with van der Waals surface area (Å²) in [6, 6.07) is 13.6. The third-order valence-electron chi connectivity index (χ3n) is 7.26. The normalized spacial score (nSPS) is 18.7. The Morgan fingerprint density at radius 2 is 1.21 bits per heavy atom. The maximum Gasteiger partial charge on any atom is 0.247 e. The quantitative estimate of drug-likeness (QED) is 0.499. The number of likely N-dealkylation sites (tertiary alicyclic amines) is 2. The van der Waals surface area contributed by atoms with Crippen LogP contribution in [0.1, 0.15) is 39.5 Å². The molecule has 10 heteroatoms. The molecule has 0 radical (unpaired) electrons. The number of nitrogens with one attached hydrogen (secondary N) is 2. The van der Waals surface area contributed by atoms with Crippen molar-refractivity contribution in [3.63, 3.8) is 0 Å². The number of oxazole rings is 1. The average Bonchev–Trinajstić information content (AvgIpc) is 3.70. The van der Waals surface area contributed by atoms with Crippen LogP contribution in [0.2, 0.25) is 0 Å². The van der Waals surface area contributed by atoms with Crippen LogP contribution >= 0.6 is 0 Å². The van der Waals surface area contributed by atoms with Gasteiger partial charge in [0.25, 0.3) is 0 Å². The number of nitrogens with zero attached hydrogens (tertiary/aromatic N) is 3. The van der Waals surface area contributed by atoms with E-state index in [1.54, 1.807) is 40.3 Å². The van der Waals surface area contributed by atoms with Gasteiger partial charge in [-0.2, -0.15) is 0 Å². The summed E-state index contributed by atoms with van der Waals surface area (Å²) >= 11 is 0. The summed E-state index contributed by atoms with van der Waals surface area (Å²) in [5.74, 6) is 0.457. The van der Waals surface area contributed by atoms with Gasteiger partial charge in [0.1, 0.15) is 12.1 Å². The van der Waals surface area contributed by atoms with Crippen molar-refractivity contribution in [1.29, 1.82) is 0 Å². The first-order chi connectivity index (χ1) is 18.8. The smallest absolute Gasteiger partial charge is 0.247 e. The second-order valence-corrected chi connectivity index (χ2v) is 9.90. The van der Waals surface area contributed by atoms with Gasteiger partial charge in [-0.05, 0) is 74.2 Å². The van der Waals surface area contributed by atoms with E-state index in [-0.39, 0.29) is 23.6 Å². The number of anilines is 2. The lowest BCUT2D eigenvalue weighted by atomic mass is 10.1. The van der Waals surface area contributed by atoms with Gasteiger partial charge in [0.05, 0.1) is 6.20 Å². The molecule has 0 spiro atoms. The predicted octanol–water partition coefficient (Wildman–Crippen LogP) is 3.91. The molecule has 2 aromatic carbocycles. The van der Waals surface area contributed by atoms with Crippen molar-refractivity contribution in [2.75, 3.05) is 23.7 Å². The Hall–Kier alpha value is -4.47. The average molecular weight is 530 g/mol. The zero-order valence-electron chi connectivity index (χ0n) is 22.0. The molecule has 3 heterocycles. The Morgan fingerprint density at radius 1 is 0.744 bits per heavy atom. The van der Waals surface area contributed by atoms with Gasteiger partial charge >= 0.3 is 0 Å². The fourth-order valence-electron chi connectivity index (χ4n) is 5.24. The lowest BCUT2D eigenvalue weighted by molar-refractivity contribution is -0.134. The first kappa shape index (κ1) is 26.1. The first-order valence-corrected chi connectivity index (χ1v) is 13.1. The molecule has 2 aliphatic rings. The summed E-state index contributed by atoms with van der Waals surface area (Å²) < 4.78 is 5.97. The van der Waals surface area contributed by atoms with E-state index in [1.807, 2.05) is 24.3 Å². The van der Waals surface area contributed by atoms with E-state index in [1.165, 1.54) is 13.8 Å². The molecule has 202 valence electrons. The standard InChI is InChI=1S/C29H31N5O5/c1-18(35)33-15-3-5-24(33)27(37)31-22-11-7-20(8-12-22)26-17-30-29(39-26)21-9-13-23(14-10-21)32-28(38)25-6-4-16-34(25)19(2)36/h7-14,17,24-25H,3-6,15-16H2,1-2H3,(H,31,37)(H,32,38)/t24-,25-/m0/s1. The van der Waals surface area contributed by atoms with Crippen LogP contribution in [0, 0.1) is 0 Å². The van der Waals surface area contributed by atoms with Crippen molar-refractivity contribution in [2.45, 2.75) is 51.6 Å². The molecular weight excluding hydrogens is 498 g/mol. The van der Waals surface area contributed by atoms with Gasteiger partial charge in [-0.1, -0.05) is 0 Å². The molecule has 1 aromatic heterocycles. The summed E-state index contributed by atoms with van der Waals surface area (Å²) in [5.41, 5.74) is 2.82. The Bertz CT molecular complexity index is 1280. The summed E-state index contributed by atoms with van der Waals surface area (Å²) in [7, 11) is 0. The molecule has 3 aromatic rings. The van der Waals surface area contributed by atoms with Crippen molar-refractivity contribution in [1.82, 2.24) is 14.8 Å². The molecule has 2 atom stereocenters. The van der Waals surface area contributed by atoms with Crippen LogP contribution in [0.25, 0.3) is 22.8 Å². The fourth-order valence-corrected chi connectivity index (χ4v) is 5.24. The van der Waals surface area contributed by atoms with Gasteiger partial charge < -0.3 is 24.9 Å². The number of carbonyl (C=O) groups is 4. The third kappa shape index (κ3) is 5.69. The molecule has 2 N–H and O–H groups in total. The topological polar surface area (TPSA) is 125 Å². The van der Waals surface area contributed by atoms with E-state index in [0.717, 1.165) is 24.0 Å². The van der Waals surface area contributed by atoms with Crippen LogP contribution < -0.4 is 10.6 Å². The molecular formula is C29H31N5O5. The van der Waals surface area contributed by atoms with Crippen molar-refractivity contribution < 1.29 is 23.6 Å². The van der Waals surface area contributed by atoms with Crippen molar-refractivity contribution in [3.8, 4) is 22.8 Å². The van der Waals surface area contributed by atoms with Crippen LogP contribution in [0.3, 0.4) is 0 Å². The first-order valence-electron chi connectivity index (χ1n) is 13.1. The van der Waals surface area contributed by atoms with Crippen molar-refractivity contribution in [2.24, 2.45) is 0 Å². The highest BCUT2D eigenvalue weighted by Crippen LogP contribution is 2.28. The van der Waals surface area contributed by atoms with Gasteiger partial charge in [-0.15, -0.1) is 0 Å². The van der Waals surface area contributed by atoms with Gasteiger partial charge in [-0.3, -0.25) is 19.2 Å². The Morgan fingerprint density at radius 3 is 1.67 bits per heavy atom. The highest BCUT2D eigenvalue weighted by atomic mass is 16.4. The molecule has 0 unspecified atom stereocenters. The molecule has 0 bridgehead atoms. The molecule has 4 amide bonds. The number of hydrogen-bond acceptors (Lipinski definition) is 6. The highest BCUT2D eigenvalue weighted by Gasteiger charge is 2.33. The number of amides is 4. The van der Waals surface area contributed by atoms with Crippen LogP contribution in [0.5, 0.6) is 0 Å². The second-order valence-electron chi connectivity index (χ2n) is 9.90. The predicted molar refractivity (Wildman–Crippen MR) is 145 cm³/mol. The van der Waals surface area contributed by atoms with E-state index >= 15 is 0 Å². The van der Waals surface area contributed by atoms with Crippen molar-refractivity contribution in [3.05, 3.63) is 54.7 Å². The molecule has 2 saturated heterocycles. The van der Waals surface area contributed by atoms with Crippen molar-refractivity contribution >= 4 is 35.0 Å². The maximum absolute atomic E-state index is 12.7. The van der Waals surface area contributed by atoms with E-state index < -0.39 is 12.1 Å². The number of aromatic nitrogens is 1. The number of hydrogen-bond donors (Lipinski definition) is 2. The molecule has 10 nitrogen and oxygen atoms in total. The van der Waals surface area contributed by atoms with E-state index in [0.29, 0.717) is 49.0 Å². The lowest BCUT2D eigenvalue weighted by Crippen LogP contribution is -2.42.